The first-order valence-electron chi connectivity index (χ1n) is 17.4. The molecular formula is C50H32. The van der Waals surface area contributed by atoms with Gasteiger partial charge in [-0.3, -0.25) is 0 Å². The molecule has 0 aliphatic carbocycles. The molecule has 0 saturated carbocycles. The van der Waals surface area contributed by atoms with Crippen molar-refractivity contribution in [1.82, 2.24) is 0 Å². The fourth-order valence-electron chi connectivity index (χ4n) is 8.14. The minimum atomic E-state index is 1.21. The molecule has 0 aliphatic heterocycles. The van der Waals surface area contributed by atoms with Gasteiger partial charge in [0.2, 0.25) is 0 Å². The van der Waals surface area contributed by atoms with Crippen LogP contribution in [-0.2, 0) is 0 Å². The van der Waals surface area contributed by atoms with Crippen LogP contribution in [0.4, 0.5) is 0 Å². The van der Waals surface area contributed by atoms with Crippen molar-refractivity contribution in [3.05, 3.63) is 194 Å². The van der Waals surface area contributed by atoms with Gasteiger partial charge in [0.1, 0.15) is 0 Å². The van der Waals surface area contributed by atoms with E-state index in [2.05, 4.69) is 194 Å². The molecule has 10 aromatic carbocycles. The van der Waals surface area contributed by atoms with Gasteiger partial charge in [-0.15, -0.1) is 0 Å². The van der Waals surface area contributed by atoms with E-state index in [0.717, 1.165) is 0 Å². The van der Waals surface area contributed by atoms with Gasteiger partial charge < -0.3 is 0 Å². The maximum atomic E-state index is 2.43. The van der Waals surface area contributed by atoms with Gasteiger partial charge in [-0.25, -0.2) is 0 Å². The first kappa shape index (κ1) is 28.5. The smallest absolute Gasteiger partial charge is 0.00199 e. The van der Waals surface area contributed by atoms with Gasteiger partial charge in [-0.05, 0) is 104 Å². The van der Waals surface area contributed by atoms with Crippen molar-refractivity contribution in [2.45, 2.75) is 0 Å². The van der Waals surface area contributed by atoms with Crippen LogP contribution in [0, 0.1) is 0 Å². The van der Waals surface area contributed by atoms with Crippen molar-refractivity contribution in [2.75, 3.05) is 0 Å². The number of rotatable bonds is 4. The van der Waals surface area contributed by atoms with Crippen molar-refractivity contribution in [3.8, 4) is 44.5 Å². The molecule has 0 spiro atoms. The van der Waals surface area contributed by atoms with Crippen LogP contribution in [0.25, 0.3) is 98.4 Å². The first-order chi connectivity index (χ1) is 24.8. The van der Waals surface area contributed by atoms with Gasteiger partial charge in [0, 0.05) is 0 Å². The lowest BCUT2D eigenvalue weighted by atomic mass is 9.83. The number of hydrogen-bond acceptors (Lipinski definition) is 0. The van der Waals surface area contributed by atoms with E-state index in [1.165, 1.54) is 98.4 Å². The third-order valence-corrected chi connectivity index (χ3v) is 10.5. The Morgan fingerprint density at radius 2 is 0.560 bits per heavy atom. The number of fused-ring (bicyclic) bond motifs is 5. The fourth-order valence-corrected chi connectivity index (χ4v) is 8.14. The molecule has 0 heterocycles. The standard InChI is InChI=1S/C50H32/c1-4-18-39-34(12-1)15-9-23-40(39)37-28-26-33(27-29-37)38-30-31-47-48(32-38)50(44-25-11-17-36-14-3-6-20-42(36)44)46-22-8-7-21-45(46)49(47)43-24-10-16-35-13-2-5-19-41(35)43/h1-32H. The SMILES string of the molecule is c1ccc2c(-c3ccc(-c4ccc5c(-c6cccc7ccccc67)c6ccccc6c(-c6cccc7ccccc67)c5c4)cc3)cccc2c1. The Labute approximate surface area is 291 Å². The van der Waals surface area contributed by atoms with E-state index < -0.39 is 0 Å². The molecule has 232 valence electrons. The maximum Gasteiger partial charge on any atom is -0.00199 e. The number of benzene rings is 10. The van der Waals surface area contributed by atoms with Gasteiger partial charge >= 0.3 is 0 Å². The molecule has 0 bridgehead atoms. The highest BCUT2D eigenvalue weighted by Gasteiger charge is 2.20. The van der Waals surface area contributed by atoms with Crippen molar-refractivity contribution >= 4 is 53.9 Å². The molecule has 0 fully saturated rings. The maximum absolute atomic E-state index is 2.43. The molecule has 0 atom stereocenters. The normalized spacial score (nSPS) is 11.6. The van der Waals surface area contributed by atoms with E-state index in [1.807, 2.05) is 0 Å². The third-order valence-electron chi connectivity index (χ3n) is 10.5. The van der Waals surface area contributed by atoms with Crippen molar-refractivity contribution in [2.24, 2.45) is 0 Å². The van der Waals surface area contributed by atoms with E-state index >= 15 is 0 Å². The fraction of sp³-hybridized carbons (Fsp3) is 0. The van der Waals surface area contributed by atoms with Crippen LogP contribution in [0.1, 0.15) is 0 Å². The van der Waals surface area contributed by atoms with Crippen molar-refractivity contribution < 1.29 is 0 Å². The van der Waals surface area contributed by atoms with Crippen LogP contribution in [0.2, 0.25) is 0 Å². The minimum absolute atomic E-state index is 1.21. The monoisotopic (exact) mass is 632 g/mol. The second-order valence-corrected chi connectivity index (χ2v) is 13.2. The molecule has 10 aromatic rings. The summed E-state index contributed by atoms with van der Waals surface area (Å²) >= 11 is 0. The Hall–Kier alpha value is -6.50. The van der Waals surface area contributed by atoms with Gasteiger partial charge in [0.05, 0.1) is 0 Å². The number of hydrogen-bond donors (Lipinski definition) is 0. The predicted octanol–water partition coefficient (Wildman–Crippen LogP) is 14.1. The van der Waals surface area contributed by atoms with Crippen LogP contribution in [-0.4, -0.2) is 0 Å². The zero-order chi connectivity index (χ0) is 33.0. The van der Waals surface area contributed by atoms with Crippen LogP contribution < -0.4 is 0 Å². The molecule has 0 N–H and O–H groups in total. The van der Waals surface area contributed by atoms with E-state index in [-0.39, 0.29) is 0 Å². The van der Waals surface area contributed by atoms with E-state index in [1.54, 1.807) is 0 Å². The summed E-state index contributed by atoms with van der Waals surface area (Å²) in [5.74, 6) is 0. The minimum Gasteiger partial charge on any atom is -0.0616 e. The molecular weight excluding hydrogens is 601 g/mol. The Morgan fingerprint density at radius 3 is 1.10 bits per heavy atom. The van der Waals surface area contributed by atoms with Gasteiger partial charge in [0.15, 0.2) is 0 Å². The molecule has 50 heavy (non-hydrogen) atoms. The summed E-state index contributed by atoms with van der Waals surface area (Å²) in [5.41, 5.74) is 10.0. The van der Waals surface area contributed by atoms with Gasteiger partial charge in [-0.2, -0.15) is 0 Å². The Bertz CT molecular complexity index is 2890. The topological polar surface area (TPSA) is 0 Å². The molecule has 0 saturated heterocycles. The first-order valence-corrected chi connectivity index (χ1v) is 17.4. The summed E-state index contributed by atoms with van der Waals surface area (Å²) in [6.45, 7) is 0. The van der Waals surface area contributed by atoms with Crippen LogP contribution >= 0.6 is 0 Å². The van der Waals surface area contributed by atoms with Gasteiger partial charge in [-0.1, -0.05) is 188 Å². The van der Waals surface area contributed by atoms with Gasteiger partial charge in [0.25, 0.3) is 0 Å². The molecule has 0 nitrogen and oxygen atoms in total. The summed E-state index contributed by atoms with van der Waals surface area (Å²) in [6, 6.07) is 71.3. The zero-order valence-electron chi connectivity index (χ0n) is 27.5. The largest absolute Gasteiger partial charge is 0.0616 e. The average molecular weight is 633 g/mol. The van der Waals surface area contributed by atoms with Crippen molar-refractivity contribution in [1.29, 1.82) is 0 Å². The quantitative estimate of drug-likeness (QED) is 0.169. The molecule has 0 radical (unpaired) electrons. The second-order valence-electron chi connectivity index (χ2n) is 13.2. The highest BCUT2D eigenvalue weighted by Crippen LogP contribution is 2.47. The summed E-state index contributed by atoms with van der Waals surface area (Å²) < 4.78 is 0. The Balaban J connectivity index is 1.26. The second kappa shape index (κ2) is 11.6. The highest BCUT2D eigenvalue weighted by molar-refractivity contribution is 6.25. The zero-order valence-corrected chi connectivity index (χ0v) is 27.5. The summed E-state index contributed by atoms with van der Waals surface area (Å²) in [6.07, 6.45) is 0. The predicted molar refractivity (Wildman–Crippen MR) is 216 cm³/mol. The summed E-state index contributed by atoms with van der Waals surface area (Å²) in [4.78, 5) is 0. The van der Waals surface area contributed by atoms with Crippen LogP contribution in [0.5, 0.6) is 0 Å². The summed E-state index contributed by atoms with van der Waals surface area (Å²) in [7, 11) is 0. The lowest BCUT2D eigenvalue weighted by Gasteiger charge is -2.20. The molecule has 0 amide bonds. The lowest BCUT2D eigenvalue weighted by molar-refractivity contribution is 1.62. The van der Waals surface area contributed by atoms with Crippen molar-refractivity contribution in [3.63, 3.8) is 0 Å². The molecule has 0 aliphatic rings. The van der Waals surface area contributed by atoms with Crippen LogP contribution in [0.15, 0.2) is 194 Å². The lowest BCUT2D eigenvalue weighted by Crippen LogP contribution is -1.93. The Kier molecular flexibility index (Phi) is 6.60. The molecule has 0 aromatic heterocycles. The average Bonchev–Trinajstić information content (AvgIpc) is 3.19. The Morgan fingerprint density at radius 1 is 0.200 bits per heavy atom. The highest BCUT2D eigenvalue weighted by atomic mass is 14.2. The molecule has 0 unspecified atom stereocenters. The summed E-state index contributed by atoms with van der Waals surface area (Å²) in [5, 5.41) is 12.6. The van der Waals surface area contributed by atoms with Crippen LogP contribution in [0.3, 0.4) is 0 Å². The van der Waals surface area contributed by atoms with E-state index in [4.69, 9.17) is 0 Å². The third kappa shape index (κ3) is 4.54. The van der Waals surface area contributed by atoms with E-state index in [9.17, 15) is 0 Å². The van der Waals surface area contributed by atoms with E-state index in [0.29, 0.717) is 0 Å². The molecule has 0 heteroatoms. The molecule has 10 rings (SSSR count).